The van der Waals surface area contributed by atoms with Crippen molar-refractivity contribution in [1.82, 2.24) is 20.3 Å². The van der Waals surface area contributed by atoms with Crippen molar-refractivity contribution in [2.24, 2.45) is 5.73 Å². The maximum absolute atomic E-state index is 13.3. The highest BCUT2D eigenvalue weighted by atomic mass is 19.1. The summed E-state index contributed by atoms with van der Waals surface area (Å²) in [5, 5.41) is 3.64. The molecule has 25 heavy (non-hydrogen) atoms. The molecule has 0 aliphatic carbocycles. The Bertz CT molecular complexity index is 1080. The van der Waals surface area contributed by atoms with E-state index in [1.807, 2.05) is 24.4 Å². The molecule has 6 nitrogen and oxygen atoms in total. The van der Waals surface area contributed by atoms with Gasteiger partial charge in [-0.1, -0.05) is 6.07 Å². The fraction of sp³-hybridized carbons (Fsp3) is 0.111. The van der Waals surface area contributed by atoms with Gasteiger partial charge < -0.3 is 21.0 Å². The van der Waals surface area contributed by atoms with E-state index >= 15 is 0 Å². The molecule has 0 radical (unpaired) electrons. The second kappa shape index (κ2) is 6.03. The molecule has 0 aliphatic rings. The topological polar surface area (TPSA) is 99.6 Å². The monoisotopic (exact) mass is 337 g/mol. The summed E-state index contributed by atoms with van der Waals surface area (Å²) in [6.45, 7) is 0.248. The Morgan fingerprint density at radius 1 is 1.20 bits per heavy atom. The summed E-state index contributed by atoms with van der Waals surface area (Å²) in [5.74, 6) is 0.163. The SMILES string of the molecule is NCC(=O)NCc1nc2ccc(-c3c[nH]c4cc(F)ccc34)cc2[nH]1. The van der Waals surface area contributed by atoms with E-state index < -0.39 is 0 Å². The van der Waals surface area contributed by atoms with Crippen molar-refractivity contribution in [3.8, 4) is 11.1 Å². The first-order chi connectivity index (χ1) is 12.1. The number of hydrogen-bond acceptors (Lipinski definition) is 3. The van der Waals surface area contributed by atoms with Gasteiger partial charge in [0.05, 0.1) is 24.1 Å². The van der Waals surface area contributed by atoms with Gasteiger partial charge in [0.1, 0.15) is 11.6 Å². The number of carbonyl (C=O) groups is 1. The van der Waals surface area contributed by atoms with Gasteiger partial charge in [0.15, 0.2) is 0 Å². The summed E-state index contributed by atoms with van der Waals surface area (Å²) in [7, 11) is 0. The molecule has 0 saturated heterocycles. The molecule has 0 atom stereocenters. The summed E-state index contributed by atoms with van der Waals surface area (Å²) in [6, 6.07) is 10.6. The van der Waals surface area contributed by atoms with Crippen LogP contribution in [0.1, 0.15) is 5.82 Å². The lowest BCUT2D eigenvalue weighted by atomic mass is 10.0. The van der Waals surface area contributed by atoms with E-state index in [-0.39, 0.29) is 18.3 Å². The normalized spacial score (nSPS) is 11.3. The number of carbonyl (C=O) groups excluding carboxylic acids is 1. The predicted molar refractivity (Wildman–Crippen MR) is 94.2 cm³/mol. The minimum atomic E-state index is -0.269. The van der Waals surface area contributed by atoms with Crippen LogP contribution in [0.5, 0.6) is 0 Å². The lowest BCUT2D eigenvalue weighted by Crippen LogP contribution is -2.30. The average molecular weight is 337 g/mol. The smallest absolute Gasteiger partial charge is 0.234 e. The minimum absolute atomic E-state index is 0.0501. The number of aromatic nitrogens is 3. The Morgan fingerprint density at radius 3 is 2.92 bits per heavy atom. The van der Waals surface area contributed by atoms with Crippen molar-refractivity contribution in [2.75, 3.05) is 6.54 Å². The summed E-state index contributed by atoms with van der Waals surface area (Å²) < 4.78 is 13.3. The van der Waals surface area contributed by atoms with Crippen molar-refractivity contribution in [2.45, 2.75) is 6.54 Å². The molecule has 2 heterocycles. The number of nitrogens with one attached hydrogen (secondary N) is 3. The number of imidazole rings is 1. The molecule has 2 aromatic heterocycles. The zero-order valence-corrected chi connectivity index (χ0v) is 13.3. The molecular weight excluding hydrogens is 321 g/mol. The van der Waals surface area contributed by atoms with Gasteiger partial charge >= 0.3 is 0 Å². The molecule has 0 saturated carbocycles. The molecule has 126 valence electrons. The molecule has 0 bridgehead atoms. The molecule has 2 aromatic carbocycles. The number of nitrogens with zero attached hydrogens (tertiary/aromatic N) is 1. The van der Waals surface area contributed by atoms with Crippen molar-refractivity contribution in [3.63, 3.8) is 0 Å². The van der Waals surface area contributed by atoms with E-state index in [1.165, 1.54) is 12.1 Å². The highest BCUT2D eigenvalue weighted by molar-refractivity contribution is 5.97. The third-order valence-electron chi connectivity index (χ3n) is 4.12. The number of benzene rings is 2. The number of amides is 1. The molecule has 0 aliphatic heterocycles. The summed E-state index contributed by atoms with van der Waals surface area (Å²) >= 11 is 0. The van der Waals surface area contributed by atoms with Crippen molar-refractivity contribution < 1.29 is 9.18 Å². The van der Waals surface area contributed by atoms with Gasteiger partial charge in [-0.05, 0) is 35.9 Å². The quantitative estimate of drug-likeness (QED) is 0.460. The minimum Gasteiger partial charge on any atom is -0.360 e. The molecule has 7 heteroatoms. The predicted octanol–water partition coefficient (Wildman–Crippen LogP) is 2.43. The van der Waals surface area contributed by atoms with Gasteiger partial charge in [-0.3, -0.25) is 4.79 Å². The van der Waals surface area contributed by atoms with Crippen LogP contribution in [0.3, 0.4) is 0 Å². The van der Waals surface area contributed by atoms with Gasteiger partial charge in [0, 0.05) is 22.7 Å². The Balaban J connectivity index is 1.69. The van der Waals surface area contributed by atoms with Gasteiger partial charge in [0.2, 0.25) is 5.91 Å². The number of fused-ring (bicyclic) bond motifs is 2. The van der Waals surface area contributed by atoms with Crippen LogP contribution < -0.4 is 11.1 Å². The largest absolute Gasteiger partial charge is 0.360 e. The van der Waals surface area contributed by atoms with Crippen LogP contribution in [0, 0.1) is 5.82 Å². The van der Waals surface area contributed by atoms with E-state index in [1.54, 1.807) is 6.07 Å². The number of rotatable bonds is 4. The fourth-order valence-electron chi connectivity index (χ4n) is 2.91. The molecular formula is C18H16FN5O. The standard InChI is InChI=1S/C18H16FN5O/c19-11-2-3-12-13(8-21-15(12)6-11)10-1-4-14-16(5-10)24-17(23-14)9-22-18(25)7-20/h1-6,8,21H,7,9,20H2,(H,22,25)(H,23,24). The molecule has 0 unspecified atom stereocenters. The molecule has 4 rings (SSSR count). The Morgan fingerprint density at radius 2 is 2.08 bits per heavy atom. The maximum atomic E-state index is 13.3. The van der Waals surface area contributed by atoms with Crippen LogP contribution in [0.4, 0.5) is 4.39 Å². The number of halogens is 1. The van der Waals surface area contributed by atoms with Gasteiger partial charge in [0.25, 0.3) is 0 Å². The maximum Gasteiger partial charge on any atom is 0.234 e. The molecule has 4 aromatic rings. The summed E-state index contributed by atoms with van der Waals surface area (Å²) in [5.41, 5.74) is 9.69. The summed E-state index contributed by atoms with van der Waals surface area (Å²) in [4.78, 5) is 22.0. The van der Waals surface area contributed by atoms with Crippen molar-refractivity contribution >= 4 is 27.8 Å². The van der Waals surface area contributed by atoms with Crippen LogP contribution in [0.15, 0.2) is 42.6 Å². The lowest BCUT2D eigenvalue weighted by molar-refractivity contribution is -0.119. The number of aromatic amines is 2. The first-order valence-electron chi connectivity index (χ1n) is 7.86. The Kier molecular flexibility index (Phi) is 3.70. The van der Waals surface area contributed by atoms with Crippen molar-refractivity contribution in [3.05, 3.63) is 54.2 Å². The molecule has 1 amide bonds. The number of H-pyrrole nitrogens is 2. The first kappa shape index (κ1) is 15.3. The third-order valence-corrected chi connectivity index (χ3v) is 4.12. The van der Waals surface area contributed by atoms with E-state index in [0.717, 1.165) is 33.1 Å². The van der Waals surface area contributed by atoms with Crippen LogP contribution in [0.25, 0.3) is 33.1 Å². The highest BCUT2D eigenvalue weighted by Crippen LogP contribution is 2.30. The zero-order valence-electron chi connectivity index (χ0n) is 13.3. The summed E-state index contributed by atoms with van der Waals surface area (Å²) in [6.07, 6.45) is 1.87. The van der Waals surface area contributed by atoms with Crippen LogP contribution in [-0.4, -0.2) is 27.4 Å². The van der Waals surface area contributed by atoms with Crippen LogP contribution >= 0.6 is 0 Å². The van der Waals surface area contributed by atoms with Gasteiger partial charge in [-0.2, -0.15) is 0 Å². The molecule has 5 N–H and O–H groups in total. The molecule has 0 fully saturated rings. The van der Waals surface area contributed by atoms with E-state index in [0.29, 0.717) is 12.4 Å². The third kappa shape index (κ3) is 2.85. The highest BCUT2D eigenvalue weighted by Gasteiger charge is 2.10. The van der Waals surface area contributed by atoms with Crippen LogP contribution in [-0.2, 0) is 11.3 Å². The van der Waals surface area contributed by atoms with E-state index in [4.69, 9.17) is 5.73 Å². The number of nitrogens with two attached hydrogens (primary N) is 1. The Labute approximate surface area is 142 Å². The second-order valence-corrected chi connectivity index (χ2v) is 5.79. The van der Waals surface area contributed by atoms with E-state index in [9.17, 15) is 9.18 Å². The average Bonchev–Trinajstić information content (AvgIpc) is 3.21. The second-order valence-electron chi connectivity index (χ2n) is 5.79. The van der Waals surface area contributed by atoms with E-state index in [2.05, 4.69) is 20.3 Å². The van der Waals surface area contributed by atoms with Crippen LogP contribution in [0.2, 0.25) is 0 Å². The number of hydrogen-bond donors (Lipinski definition) is 4. The molecule has 0 spiro atoms. The lowest BCUT2D eigenvalue weighted by Gasteiger charge is -2.00. The van der Waals surface area contributed by atoms with Gasteiger partial charge in [-0.25, -0.2) is 9.37 Å². The first-order valence-corrected chi connectivity index (χ1v) is 7.86. The fourth-order valence-corrected chi connectivity index (χ4v) is 2.91. The Hall–Kier alpha value is -3.19. The van der Waals surface area contributed by atoms with Crippen molar-refractivity contribution in [1.29, 1.82) is 0 Å². The zero-order chi connectivity index (χ0) is 17.4. The van der Waals surface area contributed by atoms with Gasteiger partial charge in [-0.15, -0.1) is 0 Å².